The summed E-state index contributed by atoms with van der Waals surface area (Å²) in [5.41, 5.74) is 0.696. The molecule has 0 spiro atoms. The summed E-state index contributed by atoms with van der Waals surface area (Å²) in [6.45, 7) is 0. The summed E-state index contributed by atoms with van der Waals surface area (Å²) < 4.78 is 22.6. The van der Waals surface area contributed by atoms with Crippen molar-refractivity contribution in [1.29, 1.82) is 0 Å². The van der Waals surface area contributed by atoms with Crippen LogP contribution in [0.1, 0.15) is 5.56 Å². The maximum atomic E-state index is 11.3. The molecular formula is C6H5ClN2O2S. The number of halogens is 1. The summed E-state index contributed by atoms with van der Waals surface area (Å²) >= 11 is 5.68. The second-order valence-electron chi connectivity index (χ2n) is 2.54. The van der Waals surface area contributed by atoms with Crippen LogP contribution < -0.4 is 0 Å². The summed E-state index contributed by atoms with van der Waals surface area (Å²) in [5.74, 6) is 0.0530. The Balaban J connectivity index is 2.75. The minimum absolute atomic E-state index is 0.0530. The highest BCUT2D eigenvalue weighted by molar-refractivity contribution is 7.91. The molecule has 0 amide bonds. The fourth-order valence-corrected chi connectivity index (χ4v) is 2.41. The van der Waals surface area contributed by atoms with Gasteiger partial charge >= 0.3 is 0 Å². The van der Waals surface area contributed by atoms with Crippen molar-refractivity contribution in [2.75, 3.05) is 5.75 Å². The van der Waals surface area contributed by atoms with Crippen molar-refractivity contribution < 1.29 is 8.42 Å². The molecule has 4 nitrogen and oxygen atoms in total. The maximum absolute atomic E-state index is 11.3. The smallest absolute Gasteiger partial charge is 0.226 e. The van der Waals surface area contributed by atoms with Gasteiger partial charge in [-0.05, 0) is 6.42 Å². The van der Waals surface area contributed by atoms with Gasteiger partial charge in [0.2, 0.25) is 15.0 Å². The Labute approximate surface area is 74.5 Å². The van der Waals surface area contributed by atoms with E-state index < -0.39 is 9.84 Å². The molecule has 0 aromatic carbocycles. The molecule has 12 heavy (non-hydrogen) atoms. The summed E-state index contributed by atoms with van der Waals surface area (Å²) in [6.07, 6.45) is 1.87. The van der Waals surface area contributed by atoms with Gasteiger partial charge in [0, 0.05) is 11.8 Å². The zero-order chi connectivity index (χ0) is 8.77. The molecule has 0 unspecified atom stereocenters. The van der Waals surface area contributed by atoms with Crippen LogP contribution in [-0.4, -0.2) is 24.1 Å². The van der Waals surface area contributed by atoms with E-state index in [1.54, 1.807) is 0 Å². The van der Waals surface area contributed by atoms with Crippen molar-refractivity contribution in [2.45, 2.75) is 11.6 Å². The van der Waals surface area contributed by atoms with Crippen LogP contribution in [0.2, 0.25) is 5.15 Å². The highest BCUT2D eigenvalue weighted by Crippen LogP contribution is 2.20. The zero-order valence-electron chi connectivity index (χ0n) is 5.99. The van der Waals surface area contributed by atoms with Gasteiger partial charge in [-0.2, -0.15) is 0 Å². The molecule has 64 valence electrons. The molecule has 3 rings (SSSR count). The third-order valence-electron chi connectivity index (χ3n) is 1.71. The van der Waals surface area contributed by atoms with E-state index in [1.165, 1.54) is 6.20 Å². The minimum Gasteiger partial charge on any atom is -0.226 e. The number of aromatic nitrogens is 2. The van der Waals surface area contributed by atoms with E-state index in [0.29, 0.717) is 12.0 Å². The topological polar surface area (TPSA) is 59.9 Å². The Kier molecular flexibility index (Phi) is 1.59. The summed E-state index contributed by atoms with van der Waals surface area (Å²) in [6, 6.07) is 0. The molecule has 0 N–H and O–H groups in total. The van der Waals surface area contributed by atoms with Crippen LogP contribution in [-0.2, 0) is 16.3 Å². The van der Waals surface area contributed by atoms with E-state index in [9.17, 15) is 8.42 Å². The second kappa shape index (κ2) is 2.40. The molecule has 2 bridgehead atoms. The molecule has 0 aliphatic carbocycles. The van der Waals surface area contributed by atoms with E-state index in [1.807, 2.05) is 0 Å². The number of sulfone groups is 1. The zero-order valence-corrected chi connectivity index (χ0v) is 7.56. The Morgan fingerprint density at radius 3 is 2.92 bits per heavy atom. The van der Waals surface area contributed by atoms with Gasteiger partial charge in [0.05, 0.1) is 5.75 Å². The van der Waals surface area contributed by atoms with Crippen LogP contribution in [0.15, 0.2) is 11.4 Å². The van der Waals surface area contributed by atoms with Gasteiger partial charge in [-0.25, -0.2) is 18.4 Å². The number of hydrogen-bond donors (Lipinski definition) is 0. The van der Waals surface area contributed by atoms with Crippen LogP contribution in [0.5, 0.6) is 0 Å². The van der Waals surface area contributed by atoms with E-state index >= 15 is 0 Å². The number of aryl methyl sites for hydroxylation is 1. The minimum atomic E-state index is -3.28. The first-order valence-electron chi connectivity index (χ1n) is 3.34. The van der Waals surface area contributed by atoms with Crippen LogP contribution in [0, 0.1) is 0 Å². The van der Waals surface area contributed by atoms with Crippen molar-refractivity contribution in [3.05, 3.63) is 16.9 Å². The second-order valence-corrected chi connectivity index (χ2v) is 4.90. The van der Waals surface area contributed by atoms with Crippen molar-refractivity contribution in [3.8, 4) is 0 Å². The largest absolute Gasteiger partial charge is 0.248 e. The molecule has 0 saturated heterocycles. The van der Waals surface area contributed by atoms with Gasteiger partial charge in [-0.1, -0.05) is 11.6 Å². The molecule has 0 fully saturated rings. The SMILES string of the molecule is O=S1(=O)CCc2cnc1nc2Cl. The van der Waals surface area contributed by atoms with Crippen LogP contribution in [0.25, 0.3) is 0 Å². The first-order valence-corrected chi connectivity index (χ1v) is 5.37. The first kappa shape index (κ1) is 7.94. The number of hydrogen-bond acceptors (Lipinski definition) is 4. The fraction of sp³-hybridized carbons (Fsp3) is 0.333. The molecular weight excluding hydrogens is 200 g/mol. The number of nitrogens with zero attached hydrogens (tertiary/aromatic N) is 2. The number of rotatable bonds is 0. The molecule has 1 aromatic heterocycles. The van der Waals surface area contributed by atoms with Crippen molar-refractivity contribution in [1.82, 2.24) is 9.97 Å². The lowest BCUT2D eigenvalue weighted by Gasteiger charge is -1.93. The van der Waals surface area contributed by atoms with Gasteiger partial charge in [-0.3, -0.25) is 0 Å². The molecule has 0 atom stereocenters. The van der Waals surface area contributed by atoms with Gasteiger partial charge in [0.25, 0.3) is 0 Å². The van der Waals surface area contributed by atoms with Gasteiger partial charge < -0.3 is 0 Å². The predicted molar refractivity (Wildman–Crippen MR) is 42.8 cm³/mol. The van der Waals surface area contributed by atoms with Gasteiger partial charge in [0.1, 0.15) is 5.15 Å². The Hall–Kier alpha value is -0.680. The van der Waals surface area contributed by atoms with E-state index in [4.69, 9.17) is 11.6 Å². The first-order chi connectivity index (χ1) is 5.59. The normalized spacial score (nSPS) is 19.1. The van der Waals surface area contributed by atoms with Crippen molar-refractivity contribution in [3.63, 3.8) is 0 Å². The summed E-state index contributed by atoms with van der Waals surface area (Å²) in [4.78, 5) is 7.36. The molecule has 2 aliphatic rings. The average molecular weight is 205 g/mol. The Bertz CT molecular complexity index is 429. The highest BCUT2D eigenvalue weighted by atomic mass is 35.5. The third kappa shape index (κ3) is 1.09. The predicted octanol–water partition coefficient (Wildman–Crippen LogP) is 0.460. The average Bonchev–Trinajstić information content (AvgIpc) is 2.19. The van der Waals surface area contributed by atoms with Crippen LogP contribution in [0.4, 0.5) is 0 Å². The van der Waals surface area contributed by atoms with E-state index in [0.717, 1.165) is 0 Å². The monoisotopic (exact) mass is 204 g/mol. The standard InChI is InChI=1S/C6H5ClN2O2S/c7-5-4-1-2-12(10,11)6(9-5)8-3-4/h3H,1-2H2. The molecule has 3 heterocycles. The summed E-state index contributed by atoms with van der Waals surface area (Å²) in [5, 5.41) is 0.0924. The van der Waals surface area contributed by atoms with Crippen molar-refractivity contribution in [2.24, 2.45) is 0 Å². The third-order valence-corrected chi connectivity index (χ3v) is 3.53. The van der Waals surface area contributed by atoms with Gasteiger partial charge in [-0.15, -0.1) is 0 Å². The lowest BCUT2D eigenvalue weighted by molar-refractivity contribution is 0.589. The van der Waals surface area contributed by atoms with Crippen molar-refractivity contribution >= 4 is 21.4 Å². The molecule has 6 heteroatoms. The highest BCUT2D eigenvalue weighted by Gasteiger charge is 2.24. The maximum Gasteiger partial charge on any atom is 0.248 e. The molecule has 0 radical (unpaired) electrons. The Morgan fingerprint density at radius 1 is 1.50 bits per heavy atom. The van der Waals surface area contributed by atoms with Crippen LogP contribution >= 0.6 is 11.6 Å². The molecule has 1 aromatic rings. The van der Waals surface area contributed by atoms with E-state index in [-0.39, 0.29) is 16.1 Å². The lowest BCUT2D eigenvalue weighted by Crippen LogP contribution is -2.07. The summed E-state index contributed by atoms with van der Waals surface area (Å²) in [7, 11) is -3.28. The van der Waals surface area contributed by atoms with E-state index in [2.05, 4.69) is 9.97 Å². The number of fused-ring (bicyclic) bond motifs is 4. The van der Waals surface area contributed by atoms with Crippen LogP contribution in [0.3, 0.4) is 0 Å². The quantitative estimate of drug-likeness (QED) is 0.455. The fourth-order valence-electron chi connectivity index (χ4n) is 1.02. The lowest BCUT2D eigenvalue weighted by atomic mass is 10.3. The Morgan fingerprint density at radius 2 is 2.25 bits per heavy atom. The molecule has 0 saturated carbocycles. The van der Waals surface area contributed by atoms with Gasteiger partial charge in [0.15, 0.2) is 0 Å². The molecule has 2 aliphatic heterocycles.